The Balaban J connectivity index is 1.45. The largest absolute Gasteiger partial charge is 0.489 e. The van der Waals surface area contributed by atoms with Crippen LogP contribution in [0.25, 0.3) is 11.2 Å². The number of nitrogens with zero attached hydrogens (tertiary/aromatic N) is 4. The summed E-state index contributed by atoms with van der Waals surface area (Å²) in [6, 6.07) is 14.2. The lowest BCUT2D eigenvalue weighted by molar-refractivity contribution is -0.116. The van der Waals surface area contributed by atoms with Crippen molar-refractivity contribution < 1.29 is 9.53 Å². The number of imidazole rings is 1. The highest BCUT2D eigenvalue weighted by Crippen LogP contribution is 2.20. The highest BCUT2D eigenvalue weighted by Gasteiger charge is 2.17. The Labute approximate surface area is 187 Å². The molecule has 0 radical (unpaired) electrons. The van der Waals surface area contributed by atoms with Crippen LogP contribution in [-0.2, 0) is 32.0 Å². The van der Waals surface area contributed by atoms with E-state index >= 15 is 0 Å². The molecule has 2 aromatic carbocycles. The van der Waals surface area contributed by atoms with Gasteiger partial charge in [-0.15, -0.1) is 0 Å². The van der Waals surface area contributed by atoms with E-state index in [1.54, 1.807) is 37.4 Å². The first-order valence-electron chi connectivity index (χ1n) is 9.72. The van der Waals surface area contributed by atoms with Crippen molar-refractivity contribution in [1.29, 1.82) is 0 Å². The monoisotopic (exact) mass is 453 g/mol. The minimum absolute atomic E-state index is 0.250. The number of benzene rings is 2. The van der Waals surface area contributed by atoms with Crippen molar-refractivity contribution in [2.24, 2.45) is 14.1 Å². The SMILES string of the molecule is Cn1cnc2c1c(=O)n(CC(=O)Nc1ccc(OCc3ccccc3Cl)cc1)c(=O)n2C. The maximum Gasteiger partial charge on any atom is 0.332 e. The van der Waals surface area contributed by atoms with Crippen LogP contribution in [0.2, 0.25) is 5.02 Å². The zero-order chi connectivity index (χ0) is 22.8. The molecule has 0 atom stereocenters. The van der Waals surface area contributed by atoms with Crippen LogP contribution in [-0.4, -0.2) is 24.6 Å². The van der Waals surface area contributed by atoms with Crippen LogP contribution in [0.1, 0.15) is 5.56 Å². The van der Waals surface area contributed by atoms with Crippen molar-refractivity contribution >= 4 is 34.4 Å². The number of nitrogens with one attached hydrogen (secondary N) is 1. The minimum atomic E-state index is -0.611. The fraction of sp³-hybridized carbons (Fsp3) is 0.182. The van der Waals surface area contributed by atoms with Gasteiger partial charge in [0.2, 0.25) is 5.91 Å². The van der Waals surface area contributed by atoms with Crippen molar-refractivity contribution in [2.45, 2.75) is 13.2 Å². The van der Waals surface area contributed by atoms with E-state index < -0.39 is 23.7 Å². The molecule has 9 nitrogen and oxygen atoms in total. The van der Waals surface area contributed by atoms with E-state index in [0.717, 1.165) is 10.1 Å². The molecule has 1 N–H and O–H groups in total. The summed E-state index contributed by atoms with van der Waals surface area (Å²) in [6.45, 7) is -0.106. The Kier molecular flexibility index (Phi) is 5.83. The normalized spacial score (nSPS) is 11.0. The minimum Gasteiger partial charge on any atom is -0.489 e. The predicted molar refractivity (Wildman–Crippen MR) is 121 cm³/mol. The molecule has 0 aliphatic rings. The van der Waals surface area contributed by atoms with Crippen LogP contribution >= 0.6 is 11.6 Å². The molecule has 2 heterocycles. The Hall–Kier alpha value is -3.85. The van der Waals surface area contributed by atoms with Gasteiger partial charge in [0.05, 0.1) is 6.33 Å². The summed E-state index contributed by atoms with van der Waals surface area (Å²) >= 11 is 6.13. The van der Waals surface area contributed by atoms with Gasteiger partial charge in [0.25, 0.3) is 5.56 Å². The Morgan fingerprint density at radius 1 is 1.09 bits per heavy atom. The molecule has 164 valence electrons. The van der Waals surface area contributed by atoms with Crippen LogP contribution < -0.4 is 21.3 Å². The lowest BCUT2D eigenvalue weighted by Gasteiger charge is -2.11. The summed E-state index contributed by atoms with van der Waals surface area (Å²) in [6.07, 6.45) is 1.45. The third-order valence-electron chi connectivity index (χ3n) is 4.99. The first-order chi connectivity index (χ1) is 15.3. The van der Waals surface area contributed by atoms with Gasteiger partial charge in [-0.3, -0.25) is 14.2 Å². The average Bonchev–Trinajstić information content (AvgIpc) is 3.17. The number of rotatable bonds is 6. The smallest absolute Gasteiger partial charge is 0.332 e. The van der Waals surface area contributed by atoms with Gasteiger partial charge in [-0.25, -0.2) is 14.3 Å². The molecule has 0 bridgehead atoms. The van der Waals surface area contributed by atoms with Gasteiger partial charge >= 0.3 is 5.69 Å². The van der Waals surface area contributed by atoms with Crippen molar-refractivity contribution in [3.05, 3.63) is 86.3 Å². The molecular weight excluding hydrogens is 434 g/mol. The van der Waals surface area contributed by atoms with Gasteiger partial charge in [-0.2, -0.15) is 0 Å². The van der Waals surface area contributed by atoms with Crippen molar-refractivity contribution in [1.82, 2.24) is 18.7 Å². The number of halogens is 1. The fourth-order valence-electron chi connectivity index (χ4n) is 3.29. The van der Waals surface area contributed by atoms with E-state index in [1.807, 2.05) is 18.2 Å². The third-order valence-corrected chi connectivity index (χ3v) is 5.36. The van der Waals surface area contributed by atoms with E-state index in [4.69, 9.17) is 16.3 Å². The number of fused-ring (bicyclic) bond motifs is 1. The van der Waals surface area contributed by atoms with Crippen molar-refractivity contribution in [3.8, 4) is 5.75 Å². The molecule has 0 saturated heterocycles. The van der Waals surface area contributed by atoms with Gasteiger partial charge < -0.3 is 14.6 Å². The Morgan fingerprint density at radius 3 is 2.53 bits per heavy atom. The summed E-state index contributed by atoms with van der Waals surface area (Å²) in [7, 11) is 3.16. The van der Waals surface area contributed by atoms with Crippen LogP contribution in [0, 0.1) is 0 Å². The Bertz CT molecular complexity index is 1420. The van der Waals surface area contributed by atoms with E-state index in [0.29, 0.717) is 23.1 Å². The van der Waals surface area contributed by atoms with E-state index in [-0.39, 0.29) is 11.2 Å². The van der Waals surface area contributed by atoms with Crippen LogP contribution in [0.5, 0.6) is 5.75 Å². The number of carbonyl (C=O) groups excluding carboxylic acids is 1. The second-order valence-electron chi connectivity index (χ2n) is 7.21. The second kappa shape index (κ2) is 8.72. The van der Waals surface area contributed by atoms with Crippen molar-refractivity contribution in [2.75, 3.05) is 5.32 Å². The molecule has 0 aliphatic heterocycles. The topological polar surface area (TPSA) is 100 Å². The standard InChI is InChI=1S/C22H20ClN5O4/c1-26-13-24-20-19(26)21(30)28(22(31)27(20)2)11-18(29)25-15-7-9-16(10-8-15)32-12-14-5-3-4-6-17(14)23/h3-10,13H,11-12H2,1-2H3,(H,25,29). The van der Waals surface area contributed by atoms with Crippen LogP contribution in [0.4, 0.5) is 5.69 Å². The van der Waals surface area contributed by atoms with E-state index in [1.165, 1.54) is 22.5 Å². The summed E-state index contributed by atoms with van der Waals surface area (Å²) in [5, 5.41) is 3.31. The van der Waals surface area contributed by atoms with Gasteiger partial charge in [0.15, 0.2) is 11.2 Å². The summed E-state index contributed by atoms with van der Waals surface area (Å²) in [5.41, 5.74) is 0.711. The number of aryl methyl sites for hydroxylation is 2. The highest BCUT2D eigenvalue weighted by molar-refractivity contribution is 6.31. The van der Waals surface area contributed by atoms with Gasteiger partial charge in [-0.1, -0.05) is 29.8 Å². The molecular formula is C22H20ClN5O4. The molecule has 0 spiro atoms. The second-order valence-corrected chi connectivity index (χ2v) is 7.62. The number of hydrogen-bond donors (Lipinski definition) is 1. The molecule has 1 amide bonds. The first-order valence-corrected chi connectivity index (χ1v) is 10.1. The molecule has 2 aromatic heterocycles. The number of ether oxygens (including phenoxy) is 1. The molecule has 32 heavy (non-hydrogen) atoms. The lowest BCUT2D eigenvalue weighted by Crippen LogP contribution is -2.42. The molecule has 0 fully saturated rings. The molecule has 4 aromatic rings. The van der Waals surface area contributed by atoms with Gasteiger partial charge in [0, 0.05) is 30.4 Å². The van der Waals surface area contributed by atoms with Crippen LogP contribution in [0.15, 0.2) is 64.4 Å². The average molecular weight is 454 g/mol. The molecule has 10 heteroatoms. The molecule has 0 saturated carbocycles. The number of aromatic nitrogens is 4. The Morgan fingerprint density at radius 2 is 1.81 bits per heavy atom. The maximum absolute atomic E-state index is 12.7. The highest BCUT2D eigenvalue weighted by atomic mass is 35.5. The van der Waals surface area contributed by atoms with Gasteiger partial charge in [-0.05, 0) is 30.3 Å². The zero-order valence-electron chi connectivity index (χ0n) is 17.4. The number of carbonyl (C=O) groups is 1. The summed E-state index contributed by atoms with van der Waals surface area (Å²) in [4.78, 5) is 41.8. The first kappa shape index (κ1) is 21.4. The van der Waals surface area contributed by atoms with Crippen molar-refractivity contribution in [3.63, 3.8) is 0 Å². The van der Waals surface area contributed by atoms with Crippen LogP contribution in [0.3, 0.4) is 0 Å². The molecule has 4 rings (SSSR count). The van der Waals surface area contributed by atoms with Gasteiger partial charge in [0.1, 0.15) is 18.9 Å². The number of anilines is 1. The zero-order valence-corrected chi connectivity index (χ0v) is 18.2. The summed E-state index contributed by atoms with van der Waals surface area (Å²) < 4.78 is 9.38. The summed E-state index contributed by atoms with van der Waals surface area (Å²) in [5.74, 6) is 0.102. The molecule has 0 aliphatic carbocycles. The van der Waals surface area contributed by atoms with E-state index in [2.05, 4.69) is 10.3 Å². The number of hydrogen-bond acceptors (Lipinski definition) is 5. The maximum atomic E-state index is 12.7. The number of amides is 1. The molecule has 0 unspecified atom stereocenters. The third kappa shape index (κ3) is 4.15. The quantitative estimate of drug-likeness (QED) is 0.483. The van der Waals surface area contributed by atoms with E-state index in [9.17, 15) is 14.4 Å². The fourth-order valence-corrected chi connectivity index (χ4v) is 3.48. The lowest BCUT2D eigenvalue weighted by atomic mass is 10.2. The predicted octanol–water partition coefficient (Wildman–Crippen LogP) is 2.30.